The van der Waals surface area contributed by atoms with E-state index in [0.29, 0.717) is 36.4 Å². The zero-order chi connectivity index (χ0) is 25.9. The highest BCUT2D eigenvalue weighted by molar-refractivity contribution is 5.90. The average molecular weight is 489 g/mol. The number of hydrogen-bond acceptors (Lipinski definition) is 6. The number of carbonyl (C=O) groups is 2. The van der Waals surface area contributed by atoms with E-state index in [1.54, 1.807) is 17.6 Å². The second-order valence-electron chi connectivity index (χ2n) is 9.62. The Kier molecular flexibility index (Phi) is 5.50. The van der Waals surface area contributed by atoms with Crippen LogP contribution in [0.2, 0.25) is 0 Å². The molecule has 8 heteroatoms. The Hall–Kier alpha value is -3.94. The predicted octanol–water partition coefficient (Wildman–Crippen LogP) is 4.12. The third-order valence-corrected chi connectivity index (χ3v) is 7.67. The maximum atomic E-state index is 13.5. The van der Waals surface area contributed by atoms with Gasteiger partial charge in [-0.2, -0.15) is 0 Å². The van der Waals surface area contributed by atoms with E-state index in [1.807, 2.05) is 32.0 Å². The minimum absolute atomic E-state index is 0.0181. The van der Waals surface area contributed by atoms with Crippen molar-refractivity contribution in [3.05, 3.63) is 69.0 Å². The highest BCUT2D eigenvalue weighted by Gasteiger charge is 2.43. The molecule has 2 aromatic heterocycles. The molecule has 0 amide bonds. The summed E-state index contributed by atoms with van der Waals surface area (Å²) in [5.41, 5.74) is 4.43. The highest BCUT2D eigenvalue weighted by Crippen LogP contribution is 2.41. The van der Waals surface area contributed by atoms with Crippen molar-refractivity contribution in [2.24, 2.45) is 0 Å². The van der Waals surface area contributed by atoms with Gasteiger partial charge in [0, 0.05) is 10.9 Å². The fraction of sp³-hybridized carbons (Fsp3) is 0.357. The summed E-state index contributed by atoms with van der Waals surface area (Å²) in [5, 5.41) is 10.1. The lowest BCUT2D eigenvalue weighted by molar-refractivity contribution is -0.153. The molecule has 3 aromatic rings. The summed E-state index contributed by atoms with van der Waals surface area (Å²) in [6, 6.07) is 7.41. The normalized spacial score (nSPS) is 18.7. The molecule has 1 unspecified atom stereocenters. The number of aromatic nitrogens is 2. The molecule has 0 spiro atoms. The number of esters is 1. The molecule has 1 aromatic carbocycles. The number of carbonyl (C=O) groups excluding carboxylic acids is 1. The van der Waals surface area contributed by atoms with Crippen molar-refractivity contribution < 1.29 is 24.2 Å². The number of carboxylic acids is 1. The minimum Gasteiger partial charge on any atom is -0.486 e. The third-order valence-electron chi connectivity index (χ3n) is 7.67. The van der Waals surface area contributed by atoms with Crippen LogP contribution in [0.3, 0.4) is 0 Å². The van der Waals surface area contributed by atoms with Gasteiger partial charge >= 0.3 is 11.9 Å². The molecule has 0 radical (unpaired) electrons. The maximum Gasteiger partial charge on any atom is 0.334 e. The third kappa shape index (κ3) is 3.35. The van der Waals surface area contributed by atoms with Crippen LogP contribution in [0, 0.1) is 0 Å². The number of fused-ring (bicyclic) bond motifs is 5. The Morgan fingerprint density at radius 1 is 1.28 bits per heavy atom. The van der Waals surface area contributed by atoms with Crippen molar-refractivity contribution in [1.82, 2.24) is 9.55 Å². The van der Waals surface area contributed by atoms with E-state index in [9.17, 15) is 19.5 Å². The number of ether oxygens (including phenoxy) is 2. The van der Waals surface area contributed by atoms with Gasteiger partial charge in [-0.1, -0.05) is 20.4 Å². The Bertz CT molecular complexity index is 1540. The van der Waals surface area contributed by atoms with Crippen molar-refractivity contribution in [1.29, 1.82) is 0 Å². The average Bonchev–Trinajstić information content (AvgIpc) is 3.23. The Labute approximate surface area is 208 Å². The lowest BCUT2D eigenvalue weighted by Gasteiger charge is -2.33. The van der Waals surface area contributed by atoms with Crippen LogP contribution in [0.15, 0.2) is 41.2 Å². The molecule has 0 saturated heterocycles. The van der Waals surface area contributed by atoms with Crippen molar-refractivity contribution in [2.45, 2.75) is 65.2 Å². The van der Waals surface area contributed by atoms with Crippen LogP contribution >= 0.6 is 0 Å². The molecule has 2 aliphatic heterocycles. The topological polar surface area (TPSA) is 108 Å². The number of pyridine rings is 2. The molecular formula is C28H28N2O6. The number of cyclic esters (lactones) is 1. The molecule has 4 heterocycles. The van der Waals surface area contributed by atoms with Crippen LogP contribution in [0.25, 0.3) is 22.3 Å². The van der Waals surface area contributed by atoms with Crippen LogP contribution in [-0.2, 0) is 39.3 Å². The molecule has 36 heavy (non-hydrogen) atoms. The second-order valence-corrected chi connectivity index (χ2v) is 9.62. The van der Waals surface area contributed by atoms with Gasteiger partial charge in [0.25, 0.3) is 5.56 Å². The number of rotatable bonds is 6. The smallest absolute Gasteiger partial charge is 0.334 e. The van der Waals surface area contributed by atoms with Crippen LogP contribution in [0.5, 0.6) is 5.75 Å². The van der Waals surface area contributed by atoms with E-state index in [-0.39, 0.29) is 23.7 Å². The summed E-state index contributed by atoms with van der Waals surface area (Å²) >= 11 is 0. The molecule has 0 saturated carbocycles. The molecule has 1 N–H and O–H groups in total. The number of aliphatic carboxylic acids is 1. The quantitative estimate of drug-likeness (QED) is 0.321. The monoisotopic (exact) mass is 488 g/mol. The van der Waals surface area contributed by atoms with E-state index < -0.39 is 17.5 Å². The first-order chi connectivity index (χ1) is 17.1. The van der Waals surface area contributed by atoms with E-state index in [1.165, 1.54) is 0 Å². The van der Waals surface area contributed by atoms with Gasteiger partial charge in [0.2, 0.25) is 0 Å². The molecule has 0 fully saturated rings. The zero-order valence-corrected chi connectivity index (χ0v) is 20.8. The molecule has 5 rings (SSSR count). The summed E-state index contributed by atoms with van der Waals surface area (Å²) in [6.07, 6.45) is 0.535. The van der Waals surface area contributed by atoms with Crippen LogP contribution < -0.4 is 10.3 Å². The van der Waals surface area contributed by atoms with E-state index in [4.69, 9.17) is 14.5 Å². The molecule has 186 valence electrons. The highest BCUT2D eigenvalue weighted by atomic mass is 16.5. The van der Waals surface area contributed by atoms with Gasteiger partial charge in [-0.15, -0.1) is 0 Å². The van der Waals surface area contributed by atoms with Gasteiger partial charge in [0.15, 0.2) is 0 Å². The van der Waals surface area contributed by atoms with Crippen LogP contribution in [0.4, 0.5) is 0 Å². The van der Waals surface area contributed by atoms with Crippen molar-refractivity contribution in [3.8, 4) is 17.1 Å². The summed E-state index contributed by atoms with van der Waals surface area (Å²) in [7, 11) is 0. The van der Waals surface area contributed by atoms with Gasteiger partial charge in [-0.3, -0.25) is 9.59 Å². The van der Waals surface area contributed by atoms with Gasteiger partial charge in [0.05, 0.1) is 40.0 Å². The maximum absolute atomic E-state index is 13.5. The van der Waals surface area contributed by atoms with E-state index in [0.717, 1.165) is 33.3 Å². The number of nitrogens with zero attached hydrogens (tertiary/aromatic N) is 2. The Morgan fingerprint density at radius 2 is 2.03 bits per heavy atom. The standard InChI is InChI=1S/C28H28N2O6/c1-6-17-18-10-16(36-15(4)14(3)26(32)33)8-9-22(18)29-24-19(17)12-30-23(24)11-21-20(25(30)31)13-35-27(34)28(21,5)7-2/h8-11,15H,3,6-7,12-13H2,1-2,4-5H3,(H,32,33)/t15?,28-/m1/s1. The first-order valence-electron chi connectivity index (χ1n) is 12.1. The second kappa shape index (κ2) is 8.33. The van der Waals surface area contributed by atoms with Crippen LogP contribution in [-0.4, -0.2) is 32.7 Å². The van der Waals surface area contributed by atoms with Crippen molar-refractivity contribution in [2.75, 3.05) is 0 Å². The first-order valence-corrected chi connectivity index (χ1v) is 12.1. The summed E-state index contributed by atoms with van der Waals surface area (Å²) in [4.78, 5) is 42.3. The fourth-order valence-corrected chi connectivity index (χ4v) is 5.23. The molecule has 2 aliphatic rings. The summed E-state index contributed by atoms with van der Waals surface area (Å²) in [5.74, 6) is -0.895. The Morgan fingerprint density at radius 3 is 2.69 bits per heavy atom. The molecule has 0 bridgehead atoms. The molecule has 0 aliphatic carbocycles. The predicted molar refractivity (Wildman–Crippen MR) is 134 cm³/mol. The number of benzene rings is 1. The number of carboxylic acid groups (broad SMARTS) is 1. The van der Waals surface area contributed by atoms with Crippen molar-refractivity contribution >= 4 is 22.8 Å². The SMILES string of the molecule is C=C(C(=O)O)C(C)Oc1ccc2nc3c(c(CC)c2c1)Cn1c-3cc2c(c1=O)COC(=O)[C@]2(C)CC. The van der Waals surface area contributed by atoms with Crippen molar-refractivity contribution in [3.63, 3.8) is 0 Å². The lowest BCUT2D eigenvalue weighted by Crippen LogP contribution is -2.42. The number of hydrogen-bond donors (Lipinski definition) is 1. The molecular weight excluding hydrogens is 460 g/mol. The molecule has 8 nitrogen and oxygen atoms in total. The fourth-order valence-electron chi connectivity index (χ4n) is 5.23. The Balaban J connectivity index is 1.66. The van der Waals surface area contributed by atoms with E-state index in [2.05, 4.69) is 13.5 Å². The molecule has 2 atom stereocenters. The van der Waals surface area contributed by atoms with Gasteiger partial charge < -0.3 is 19.1 Å². The van der Waals surface area contributed by atoms with Gasteiger partial charge in [0.1, 0.15) is 18.5 Å². The van der Waals surface area contributed by atoms with Gasteiger partial charge in [-0.05, 0) is 62.1 Å². The first kappa shape index (κ1) is 23.8. The van der Waals surface area contributed by atoms with E-state index >= 15 is 0 Å². The lowest BCUT2D eigenvalue weighted by atomic mass is 9.76. The van der Waals surface area contributed by atoms with Gasteiger partial charge in [-0.25, -0.2) is 9.78 Å². The zero-order valence-electron chi connectivity index (χ0n) is 20.8. The summed E-state index contributed by atoms with van der Waals surface area (Å²) < 4.78 is 13.0. The summed E-state index contributed by atoms with van der Waals surface area (Å²) in [6.45, 7) is 11.4. The van der Waals surface area contributed by atoms with Crippen LogP contribution in [0.1, 0.15) is 56.4 Å². The minimum atomic E-state index is -1.10. The number of aryl methyl sites for hydroxylation is 1. The largest absolute Gasteiger partial charge is 0.486 e.